The number of hydrogen-bond donors (Lipinski definition) is 2. The first-order valence-corrected chi connectivity index (χ1v) is 8.95. The zero-order chi connectivity index (χ0) is 19.8. The molecule has 0 aliphatic rings. The lowest BCUT2D eigenvalue weighted by Crippen LogP contribution is -2.34. The van der Waals surface area contributed by atoms with E-state index < -0.39 is 6.04 Å². The van der Waals surface area contributed by atoms with Crippen LogP contribution >= 0.6 is 0 Å². The first-order valence-electron chi connectivity index (χ1n) is 8.95. The summed E-state index contributed by atoms with van der Waals surface area (Å²) in [6, 6.07) is 6.47. The molecule has 0 aliphatic heterocycles. The SMILES string of the molecule is CCN(CC)C(=O)COc1cccc(NC(=O)C(NC)c2cnn(C)c2)c1. The number of aromatic nitrogens is 2. The van der Waals surface area contributed by atoms with Crippen LogP contribution in [0, 0.1) is 0 Å². The van der Waals surface area contributed by atoms with Crippen LogP contribution in [0.5, 0.6) is 5.75 Å². The zero-order valence-corrected chi connectivity index (χ0v) is 16.2. The van der Waals surface area contributed by atoms with Crippen LogP contribution in [0.2, 0.25) is 0 Å². The summed E-state index contributed by atoms with van der Waals surface area (Å²) in [6.07, 6.45) is 3.44. The number of carbonyl (C=O) groups excluding carboxylic acids is 2. The highest BCUT2D eigenvalue weighted by Gasteiger charge is 2.20. The lowest BCUT2D eigenvalue weighted by atomic mass is 10.1. The molecule has 0 spiro atoms. The van der Waals surface area contributed by atoms with Crippen molar-refractivity contribution in [3.8, 4) is 5.75 Å². The van der Waals surface area contributed by atoms with E-state index in [9.17, 15) is 9.59 Å². The monoisotopic (exact) mass is 373 g/mol. The number of amides is 2. The number of aryl methyl sites for hydroxylation is 1. The molecule has 2 N–H and O–H groups in total. The van der Waals surface area contributed by atoms with E-state index in [1.165, 1.54) is 0 Å². The van der Waals surface area contributed by atoms with E-state index in [2.05, 4.69) is 15.7 Å². The van der Waals surface area contributed by atoms with Crippen molar-refractivity contribution in [2.75, 3.05) is 32.1 Å². The number of anilines is 1. The Bertz CT molecular complexity index is 770. The molecule has 27 heavy (non-hydrogen) atoms. The Balaban J connectivity index is 2.00. The van der Waals surface area contributed by atoms with Crippen LogP contribution in [0.3, 0.4) is 0 Å². The summed E-state index contributed by atoms with van der Waals surface area (Å²) in [5.74, 6) is 0.249. The van der Waals surface area contributed by atoms with Crippen molar-refractivity contribution in [3.63, 3.8) is 0 Å². The molecule has 0 bridgehead atoms. The highest BCUT2D eigenvalue weighted by Crippen LogP contribution is 2.20. The van der Waals surface area contributed by atoms with Gasteiger partial charge in [0.15, 0.2) is 6.61 Å². The number of hydrogen-bond acceptors (Lipinski definition) is 5. The lowest BCUT2D eigenvalue weighted by Gasteiger charge is -2.19. The van der Waals surface area contributed by atoms with Gasteiger partial charge in [-0.15, -0.1) is 0 Å². The summed E-state index contributed by atoms with van der Waals surface area (Å²) < 4.78 is 7.23. The van der Waals surface area contributed by atoms with Crippen molar-refractivity contribution in [2.24, 2.45) is 7.05 Å². The third-order valence-electron chi connectivity index (χ3n) is 4.19. The number of carbonyl (C=O) groups is 2. The molecular formula is C19H27N5O3. The Kier molecular flexibility index (Phi) is 7.36. The summed E-state index contributed by atoms with van der Waals surface area (Å²) in [5, 5.41) is 9.94. The molecule has 8 nitrogen and oxygen atoms in total. The lowest BCUT2D eigenvalue weighted by molar-refractivity contribution is -0.133. The second-order valence-electron chi connectivity index (χ2n) is 6.04. The summed E-state index contributed by atoms with van der Waals surface area (Å²) >= 11 is 0. The van der Waals surface area contributed by atoms with Gasteiger partial charge in [0.2, 0.25) is 5.91 Å². The molecule has 1 aromatic carbocycles. The predicted octanol–water partition coefficient (Wildman–Crippen LogP) is 1.57. The molecule has 0 saturated carbocycles. The van der Waals surface area contributed by atoms with Gasteiger partial charge >= 0.3 is 0 Å². The largest absolute Gasteiger partial charge is 0.484 e. The molecule has 0 radical (unpaired) electrons. The van der Waals surface area contributed by atoms with Crippen molar-refractivity contribution < 1.29 is 14.3 Å². The van der Waals surface area contributed by atoms with Gasteiger partial charge in [-0.05, 0) is 33.0 Å². The summed E-state index contributed by atoms with van der Waals surface area (Å²) in [4.78, 5) is 26.3. The molecule has 2 aromatic rings. The second kappa shape index (κ2) is 9.72. The summed E-state index contributed by atoms with van der Waals surface area (Å²) in [7, 11) is 3.52. The van der Waals surface area contributed by atoms with Crippen LogP contribution < -0.4 is 15.4 Å². The van der Waals surface area contributed by atoms with Crippen LogP contribution in [0.15, 0.2) is 36.7 Å². The highest BCUT2D eigenvalue weighted by atomic mass is 16.5. The fourth-order valence-electron chi connectivity index (χ4n) is 2.73. The number of likely N-dealkylation sites (N-methyl/N-ethyl adjacent to an activating group) is 2. The van der Waals surface area contributed by atoms with E-state index in [1.807, 2.05) is 13.8 Å². The van der Waals surface area contributed by atoms with Crippen LogP contribution in [0.1, 0.15) is 25.5 Å². The van der Waals surface area contributed by atoms with Gasteiger partial charge in [-0.3, -0.25) is 14.3 Å². The van der Waals surface area contributed by atoms with Gasteiger partial charge in [0.1, 0.15) is 11.8 Å². The molecule has 8 heteroatoms. The number of ether oxygens (including phenoxy) is 1. The van der Waals surface area contributed by atoms with Gasteiger partial charge in [-0.1, -0.05) is 6.07 Å². The molecule has 146 valence electrons. The minimum absolute atomic E-state index is 0.0338. The van der Waals surface area contributed by atoms with Crippen molar-refractivity contribution in [2.45, 2.75) is 19.9 Å². The van der Waals surface area contributed by atoms with Gasteiger partial charge in [-0.2, -0.15) is 5.10 Å². The first-order chi connectivity index (χ1) is 13.0. The molecule has 1 aromatic heterocycles. The minimum atomic E-state index is -0.521. The van der Waals surface area contributed by atoms with E-state index in [-0.39, 0.29) is 18.4 Å². The molecule has 1 heterocycles. The average molecular weight is 373 g/mol. The number of rotatable bonds is 9. The smallest absolute Gasteiger partial charge is 0.260 e. The first kappa shape index (κ1) is 20.4. The Morgan fingerprint density at radius 3 is 2.63 bits per heavy atom. The molecule has 2 amide bonds. The Morgan fingerprint density at radius 1 is 1.30 bits per heavy atom. The maximum absolute atomic E-state index is 12.6. The van der Waals surface area contributed by atoms with E-state index in [1.54, 1.807) is 60.3 Å². The van der Waals surface area contributed by atoms with Gasteiger partial charge in [0.25, 0.3) is 5.91 Å². The van der Waals surface area contributed by atoms with E-state index in [0.29, 0.717) is 24.5 Å². The van der Waals surface area contributed by atoms with Gasteiger partial charge in [0, 0.05) is 43.7 Å². The predicted molar refractivity (Wildman–Crippen MR) is 104 cm³/mol. The van der Waals surface area contributed by atoms with Crippen LogP contribution in [0.25, 0.3) is 0 Å². The van der Waals surface area contributed by atoms with Crippen LogP contribution in [-0.4, -0.2) is 53.2 Å². The maximum atomic E-state index is 12.6. The zero-order valence-electron chi connectivity index (χ0n) is 16.2. The molecule has 0 fully saturated rings. The third-order valence-corrected chi connectivity index (χ3v) is 4.19. The van der Waals surface area contributed by atoms with E-state index in [4.69, 9.17) is 4.74 Å². The third kappa shape index (κ3) is 5.55. The van der Waals surface area contributed by atoms with E-state index >= 15 is 0 Å². The number of benzene rings is 1. The second-order valence-corrected chi connectivity index (χ2v) is 6.04. The Hall–Kier alpha value is -2.87. The maximum Gasteiger partial charge on any atom is 0.260 e. The van der Waals surface area contributed by atoms with Gasteiger partial charge in [0.05, 0.1) is 6.20 Å². The quantitative estimate of drug-likeness (QED) is 0.696. The summed E-state index contributed by atoms with van der Waals surface area (Å²) in [6.45, 7) is 5.12. The summed E-state index contributed by atoms with van der Waals surface area (Å²) in [5.41, 5.74) is 1.37. The Labute approximate surface area is 159 Å². The molecular weight excluding hydrogens is 346 g/mol. The number of nitrogens with one attached hydrogen (secondary N) is 2. The molecule has 0 saturated heterocycles. The minimum Gasteiger partial charge on any atom is -0.484 e. The molecule has 1 unspecified atom stereocenters. The van der Waals surface area contributed by atoms with Gasteiger partial charge in [-0.25, -0.2) is 0 Å². The average Bonchev–Trinajstić information content (AvgIpc) is 3.08. The van der Waals surface area contributed by atoms with Crippen molar-refractivity contribution in [3.05, 3.63) is 42.2 Å². The van der Waals surface area contributed by atoms with Gasteiger partial charge < -0.3 is 20.3 Å². The number of nitrogens with zero attached hydrogens (tertiary/aromatic N) is 3. The van der Waals surface area contributed by atoms with Crippen molar-refractivity contribution in [1.82, 2.24) is 20.0 Å². The standard InChI is InChI=1S/C19H27N5O3/c1-5-24(6-2)17(25)13-27-16-9-7-8-15(10-16)22-19(26)18(20-3)14-11-21-23(4)12-14/h7-12,18,20H,5-6,13H2,1-4H3,(H,22,26). The fraction of sp³-hybridized carbons (Fsp3) is 0.421. The molecule has 0 aliphatic carbocycles. The highest BCUT2D eigenvalue weighted by molar-refractivity contribution is 5.95. The van der Waals surface area contributed by atoms with Crippen molar-refractivity contribution in [1.29, 1.82) is 0 Å². The van der Waals surface area contributed by atoms with Crippen LogP contribution in [0.4, 0.5) is 5.69 Å². The van der Waals surface area contributed by atoms with Crippen molar-refractivity contribution >= 4 is 17.5 Å². The fourth-order valence-corrected chi connectivity index (χ4v) is 2.73. The Morgan fingerprint density at radius 2 is 2.04 bits per heavy atom. The normalized spacial score (nSPS) is 11.7. The van der Waals surface area contributed by atoms with E-state index in [0.717, 1.165) is 5.56 Å². The molecule has 1 atom stereocenters. The molecule has 2 rings (SSSR count). The topological polar surface area (TPSA) is 88.5 Å². The van der Waals surface area contributed by atoms with Crippen LogP contribution in [-0.2, 0) is 16.6 Å².